The number of nitrogens with zero attached hydrogens (tertiary/aromatic N) is 2. The molecule has 0 N–H and O–H groups in total. The molecule has 0 saturated heterocycles. The van der Waals surface area contributed by atoms with Crippen molar-refractivity contribution in [2.75, 3.05) is 0 Å². The van der Waals surface area contributed by atoms with Crippen molar-refractivity contribution in [2.45, 2.75) is 9.79 Å². The van der Waals surface area contributed by atoms with Gasteiger partial charge in [-0.3, -0.25) is 9.98 Å². The molecule has 0 amide bonds. The van der Waals surface area contributed by atoms with Crippen molar-refractivity contribution in [3.63, 3.8) is 0 Å². The first-order chi connectivity index (χ1) is 15.2. The van der Waals surface area contributed by atoms with Crippen LogP contribution in [-0.2, 0) is 0 Å². The first kappa shape index (κ1) is 20.7. The van der Waals surface area contributed by atoms with Gasteiger partial charge in [-0.05, 0) is 60.7 Å². The highest BCUT2D eigenvalue weighted by Gasteiger charge is 2.00. The molecule has 0 aromatic heterocycles. The molecule has 0 aliphatic carbocycles. The van der Waals surface area contributed by atoms with Gasteiger partial charge in [0.25, 0.3) is 0 Å². The summed E-state index contributed by atoms with van der Waals surface area (Å²) >= 11 is 1.62. The molecule has 0 spiro atoms. The maximum atomic E-state index is 13.7. The molecule has 0 unspecified atom stereocenters. The van der Waals surface area contributed by atoms with Crippen LogP contribution >= 0.6 is 11.8 Å². The largest absolute Gasteiger partial charge is 0.256 e. The summed E-state index contributed by atoms with van der Waals surface area (Å²) in [5.74, 6) is -0.583. The van der Waals surface area contributed by atoms with E-state index in [0.717, 1.165) is 21.2 Å². The Balaban J connectivity index is 1.38. The zero-order chi connectivity index (χ0) is 21.5. The summed E-state index contributed by atoms with van der Waals surface area (Å²) < 4.78 is 27.3. The number of hydrogen-bond donors (Lipinski definition) is 0. The van der Waals surface area contributed by atoms with E-state index in [9.17, 15) is 8.78 Å². The summed E-state index contributed by atoms with van der Waals surface area (Å²) in [4.78, 5) is 10.8. The highest BCUT2D eigenvalue weighted by atomic mass is 32.2. The van der Waals surface area contributed by atoms with Gasteiger partial charge in [-0.2, -0.15) is 0 Å². The molecule has 0 saturated carbocycles. The summed E-state index contributed by atoms with van der Waals surface area (Å²) in [5.41, 5.74) is 2.42. The maximum Gasteiger partial charge on any atom is 0.131 e. The van der Waals surface area contributed by atoms with E-state index in [4.69, 9.17) is 0 Å². The molecule has 152 valence electrons. The second-order valence-corrected chi connectivity index (χ2v) is 7.80. The summed E-state index contributed by atoms with van der Waals surface area (Å²) in [6.45, 7) is 0. The van der Waals surface area contributed by atoms with Gasteiger partial charge in [0, 0.05) is 33.3 Å². The fourth-order valence-electron chi connectivity index (χ4n) is 2.78. The average molecular weight is 429 g/mol. The van der Waals surface area contributed by atoms with Crippen LogP contribution in [0.3, 0.4) is 0 Å². The average Bonchev–Trinajstić information content (AvgIpc) is 2.80. The van der Waals surface area contributed by atoms with E-state index in [1.54, 1.807) is 48.2 Å². The van der Waals surface area contributed by atoms with Gasteiger partial charge in [0.05, 0.1) is 11.4 Å². The van der Waals surface area contributed by atoms with E-state index in [1.165, 1.54) is 24.6 Å². The topological polar surface area (TPSA) is 24.7 Å². The van der Waals surface area contributed by atoms with Gasteiger partial charge in [0.1, 0.15) is 11.6 Å². The highest BCUT2D eigenvalue weighted by molar-refractivity contribution is 7.99. The van der Waals surface area contributed by atoms with Gasteiger partial charge < -0.3 is 0 Å². The Hall–Kier alpha value is -3.57. The molecule has 0 bridgehead atoms. The Morgan fingerprint density at radius 2 is 0.903 bits per heavy atom. The SMILES string of the molecule is Fc1ccccc1C=Nc1ccc(Sc2ccc(N=Cc3ccccc3F)cc2)cc1. The molecule has 4 aromatic rings. The third kappa shape index (κ3) is 5.74. The van der Waals surface area contributed by atoms with Gasteiger partial charge in [-0.15, -0.1) is 0 Å². The maximum absolute atomic E-state index is 13.7. The van der Waals surface area contributed by atoms with Gasteiger partial charge in [-0.25, -0.2) is 8.78 Å². The summed E-state index contributed by atoms with van der Waals surface area (Å²) in [7, 11) is 0. The number of halogens is 2. The molecular formula is C26H18F2N2S. The standard InChI is InChI=1S/C26H18F2N2S/c27-25-7-3-1-5-19(25)17-29-21-9-13-23(14-10-21)31-24-15-11-22(12-16-24)30-18-20-6-2-4-8-26(20)28/h1-18H. The minimum Gasteiger partial charge on any atom is -0.256 e. The number of benzene rings is 4. The Morgan fingerprint density at radius 1 is 0.516 bits per heavy atom. The Labute approximate surface area is 184 Å². The quantitative estimate of drug-likeness (QED) is 0.290. The Bertz CT molecular complexity index is 1120. The van der Waals surface area contributed by atoms with Crippen LogP contribution < -0.4 is 0 Å². The normalized spacial score (nSPS) is 11.4. The molecule has 0 heterocycles. The van der Waals surface area contributed by atoms with E-state index in [2.05, 4.69) is 9.98 Å². The van der Waals surface area contributed by atoms with Gasteiger partial charge in [0.2, 0.25) is 0 Å². The van der Waals surface area contributed by atoms with Crippen molar-refractivity contribution < 1.29 is 8.78 Å². The summed E-state index contributed by atoms with van der Waals surface area (Å²) in [6.07, 6.45) is 3.05. The first-order valence-corrected chi connectivity index (χ1v) is 10.4. The first-order valence-electron chi connectivity index (χ1n) is 9.62. The van der Waals surface area contributed by atoms with Crippen LogP contribution in [-0.4, -0.2) is 12.4 Å². The molecule has 4 aromatic carbocycles. The van der Waals surface area contributed by atoms with Crippen molar-refractivity contribution in [1.29, 1.82) is 0 Å². The van der Waals surface area contributed by atoms with Crippen molar-refractivity contribution >= 4 is 35.6 Å². The lowest BCUT2D eigenvalue weighted by atomic mass is 10.2. The molecule has 0 aliphatic rings. The Morgan fingerprint density at radius 3 is 1.29 bits per heavy atom. The second kappa shape index (κ2) is 9.96. The molecule has 0 aliphatic heterocycles. The zero-order valence-corrected chi connectivity index (χ0v) is 17.3. The number of rotatable bonds is 6. The van der Waals surface area contributed by atoms with Crippen LogP contribution in [0.25, 0.3) is 0 Å². The van der Waals surface area contributed by atoms with E-state index >= 15 is 0 Å². The van der Waals surface area contributed by atoms with E-state index in [-0.39, 0.29) is 11.6 Å². The molecule has 5 heteroatoms. The van der Waals surface area contributed by atoms with Crippen molar-refractivity contribution in [3.8, 4) is 0 Å². The summed E-state index contributed by atoms with van der Waals surface area (Å²) in [5, 5.41) is 0. The number of aliphatic imine (C=N–C) groups is 2. The molecular weight excluding hydrogens is 410 g/mol. The van der Waals surface area contributed by atoms with Gasteiger partial charge in [-0.1, -0.05) is 48.2 Å². The third-order valence-corrected chi connectivity index (χ3v) is 5.44. The van der Waals surface area contributed by atoms with Crippen LogP contribution in [0.1, 0.15) is 11.1 Å². The van der Waals surface area contributed by atoms with Crippen molar-refractivity contribution in [1.82, 2.24) is 0 Å². The fraction of sp³-hybridized carbons (Fsp3) is 0. The minimum absolute atomic E-state index is 0.292. The van der Waals surface area contributed by atoms with E-state index < -0.39 is 0 Å². The van der Waals surface area contributed by atoms with Gasteiger partial charge in [0.15, 0.2) is 0 Å². The van der Waals surface area contributed by atoms with Crippen LogP contribution in [0.15, 0.2) is 117 Å². The predicted octanol–water partition coefficient (Wildman–Crippen LogP) is 7.62. The number of hydrogen-bond acceptors (Lipinski definition) is 3. The molecule has 0 radical (unpaired) electrons. The highest BCUT2D eigenvalue weighted by Crippen LogP contribution is 2.30. The lowest BCUT2D eigenvalue weighted by molar-refractivity contribution is 0.625. The zero-order valence-electron chi connectivity index (χ0n) is 16.5. The fourth-order valence-corrected chi connectivity index (χ4v) is 3.60. The van der Waals surface area contributed by atoms with E-state index in [0.29, 0.717) is 11.1 Å². The molecule has 0 fully saturated rings. The van der Waals surface area contributed by atoms with Crippen LogP contribution in [0, 0.1) is 11.6 Å². The second-order valence-electron chi connectivity index (χ2n) is 6.65. The molecule has 4 rings (SSSR count). The lowest BCUT2D eigenvalue weighted by Crippen LogP contribution is -1.86. The molecule has 0 atom stereocenters. The summed E-state index contributed by atoms with van der Waals surface area (Å²) in [6, 6.07) is 28.6. The lowest BCUT2D eigenvalue weighted by Gasteiger charge is -2.03. The predicted molar refractivity (Wildman–Crippen MR) is 124 cm³/mol. The van der Waals surface area contributed by atoms with Crippen molar-refractivity contribution in [2.24, 2.45) is 9.98 Å². The van der Waals surface area contributed by atoms with Crippen LogP contribution in [0.5, 0.6) is 0 Å². The molecule has 2 nitrogen and oxygen atoms in total. The third-order valence-electron chi connectivity index (χ3n) is 4.43. The van der Waals surface area contributed by atoms with Gasteiger partial charge >= 0.3 is 0 Å². The van der Waals surface area contributed by atoms with E-state index in [1.807, 2.05) is 48.5 Å². The Kier molecular flexibility index (Phi) is 6.65. The monoisotopic (exact) mass is 428 g/mol. The minimum atomic E-state index is -0.292. The van der Waals surface area contributed by atoms with Crippen molar-refractivity contribution in [3.05, 3.63) is 120 Å². The van der Waals surface area contributed by atoms with Crippen LogP contribution in [0.4, 0.5) is 20.2 Å². The van der Waals surface area contributed by atoms with Crippen LogP contribution in [0.2, 0.25) is 0 Å². The molecule has 31 heavy (non-hydrogen) atoms. The smallest absolute Gasteiger partial charge is 0.131 e.